The van der Waals surface area contributed by atoms with E-state index in [0.717, 1.165) is 12.4 Å². The van der Waals surface area contributed by atoms with E-state index in [0.29, 0.717) is 12.1 Å². The zero-order valence-electron chi connectivity index (χ0n) is 8.33. The molecule has 0 bridgehead atoms. The number of H-pyrrole nitrogens is 1. The highest BCUT2D eigenvalue weighted by Crippen LogP contribution is 2.13. The zero-order valence-corrected chi connectivity index (χ0v) is 8.33. The molecule has 1 unspecified atom stereocenters. The molecule has 0 aliphatic rings. The van der Waals surface area contributed by atoms with Crippen molar-refractivity contribution in [2.75, 3.05) is 0 Å². The van der Waals surface area contributed by atoms with Gasteiger partial charge in [0.25, 0.3) is 0 Å². The van der Waals surface area contributed by atoms with E-state index in [1.54, 1.807) is 4.68 Å². The molecule has 0 fully saturated rings. The summed E-state index contributed by atoms with van der Waals surface area (Å²) in [5, 5.41) is 23.7. The molecule has 0 spiro atoms. The molecule has 2 rings (SSSR count). The first kappa shape index (κ1) is 9.78. The van der Waals surface area contributed by atoms with Gasteiger partial charge in [0.05, 0.1) is 6.20 Å². The Bertz CT molecular complexity index is 408. The lowest BCUT2D eigenvalue weighted by Crippen LogP contribution is -2.09. The normalized spacial score (nSPS) is 12.9. The molecule has 15 heavy (non-hydrogen) atoms. The zero-order chi connectivity index (χ0) is 10.7. The standard InChI is InChI=1S/C8H12N6O/c1-2-14-8(9-5-11-14)3-7(15)6-4-10-13-12-6/h4-5,7,15H,2-3H2,1H3,(H,10,12,13). The Morgan fingerprint density at radius 3 is 3.13 bits per heavy atom. The molecule has 0 saturated heterocycles. The second kappa shape index (κ2) is 4.18. The molecule has 0 radical (unpaired) electrons. The summed E-state index contributed by atoms with van der Waals surface area (Å²) in [6, 6.07) is 0. The van der Waals surface area contributed by atoms with E-state index in [1.165, 1.54) is 12.5 Å². The van der Waals surface area contributed by atoms with Gasteiger partial charge >= 0.3 is 0 Å². The minimum Gasteiger partial charge on any atom is -0.386 e. The first-order valence-electron chi connectivity index (χ1n) is 4.71. The predicted molar refractivity (Wildman–Crippen MR) is 50.7 cm³/mol. The largest absolute Gasteiger partial charge is 0.386 e. The van der Waals surface area contributed by atoms with Gasteiger partial charge in [0.2, 0.25) is 0 Å². The summed E-state index contributed by atoms with van der Waals surface area (Å²) in [6.07, 6.45) is 2.67. The third-order valence-electron chi connectivity index (χ3n) is 2.15. The molecular formula is C8H12N6O. The quantitative estimate of drug-likeness (QED) is 0.719. The van der Waals surface area contributed by atoms with Crippen LogP contribution in [0.3, 0.4) is 0 Å². The van der Waals surface area contributed by atoms with Crippen molar-refractivity contribution in [3.63, 3.8) is 0 Å². The van der Waals surface area contributed by atoms with Crippen LogP contribution in [-0.2, 0) is 13.0 Å². The number of hydrogen-bond donors (Lipinski definition) is 2. The number of aromatic amines is 1. The van der Waals surface area contributed by atoms with Crippen LogP contribution in [0.1, 0.15) is 24.5 Å². The molecule has 2 heterocycles. The predicted octanol–water partition coefficient (Wildman–Crippen LogP) is -0.308. The van der Waals surface area contributed by atoms with Gasteiger partial charge in [-0.15, -0.1) is 0 Å². The van der Waals surface area contributed by atoms with Gasteiger partial charge in [-0.2, -0.15) is 20.5 Å². The van der Waals surface area contributed by atoms with Crippen LogP contribution in [0.25, 0.3) is 0 Å². The van der Waals surface area contributed by atoms with Crippen molar-refractivity contribution in [3.8, 4) is 0 Å². The van der Waals surface area contributed by atoms with Crippen LogP contribution < -0.4 is 0 Å². The lowest BCUT2D eigenvalue weighted by atomic mass is 10.2. The summed E-state index contributed by atoms with van der Waals surface area (Å²) in [5.41, 5.74) is 0.514. The van der Waals surface area contributed by atoms with Crippen LogP contribution in [0.15, 0.2) is 12.5 Å². The smallest absolute Gasteiger partial charge is 0.138 e. The minimum atomic E-state index is -0.696. The van der Waals surface area contributed by atoms with Gasteiger partial charge in [-0.25, -0.2) is 4.98 Å². The molecule has 0 aromatic carbocycles. The third kappa shape index (κ3) is 2.01. The summed E-state index contributed by atoms with van der Waals surface area (Å²) in [5.74, 6) is 0.744. The van der Waals surface area contributed by atoms with Gasteiger partial charge < -0.3 is 5.11 Å². The van der Waals surface area contributed by atoms with Crippen LogP contribution in [-0.4, -0.2) is 35.3 Å². The summed E-state index contributed by atoms with van der Waals surface area (Å²) < 4.78 is 1.74. The van der Waals surface area contributed by atoms with Crippen LogP contribution in [0.5, 0.6) is 0 Å². The number of aryl methyl sites for hydroxylation is 1. The fourth-order valence-corrected chi connectivity index (χ4v) is 1.36. The number of nitrogens with zero attached hydrogens (tertiary/aromatic N) is 5. The molecule has 2 aromatic heterocycles. The molecular weight excluding hydrogens is 196 g/mol. The number of nitrogens with one attached hydrogen (secondary N) is 1. The maximum absolute atomic E-state index is 9.80. The lowest BCUT2D eigenvalue weighted by Gasteiger charge is -2.06. The topological polar surface area (TPSA) is 92.5 Å². The van der Waals surface area contributed by atoms with Crippen LogP contribution in [0.2, 0.25) is 0 Å². The number of aliphatic hydroxyl groups is 1. The van der Waals surface area contributed by atoms with E-state index in [9.17, 15) is 5.11 Å². The average Bonchev–Trinajstić information content (AvgIpc) is 2.87. The lowest BCUT2D eigenvalue weighted by molar-refractivity contribution is 0.169. The van der Waals surface area contributed by atoms with E-state index in [2.05, 4.69) is 25.5 Å². The Labute approximate surface area is 86.2 Å². The molecule has 0 saturated carbocycles. The highest BCUT2D eigenvalue weighted by Gasteiger charge is 2.14. The van der Waals surface area contributed by atoms with Gasteiger partial charge in [-0.1, -0.05) is 0 Å². The molecule has 7 nitrogen and oxygen atoms in total. The number of rotatable bonds is 4. The minimum absolute atomic E-state index is 0.389. The highest BCUT2D eigenvalue weighted by molar-refractivity contribution is 5.00. The summed E-state index contributed by atoms with van der Waals surface area (Å²) in [4.78, 5) is 4.07. The van der Waals surface area contributed by atoms with Crippen LogP contribution >= 0.6 is 0 Å². The molecule has 2 aromatic rings. The number of hydrogen-bond acceptors (Lipinski definition) is 5. The van der Waals surface area contributed by atoms with Gasteiger partial charge in [-0.3, -0.25) is 4.68 Å². The average molecular weight is 208 g/mol. The van der Waals surface area contributed by atoms with Crippen molar-refractivity contribution < 1.29 is 5.11 Å². The van der Waals surface area contributed by atoms with Gasteiger partial charge in [0.1, 0.15) is 23.9 Å². The first-order valence-corrected chi connectivity index (χ1v) is 4.71. The summed E-state index contributed by atoms with van der Waals surface area (Å²) >= 11 is 0. The van der Waals surface area contributed by atoms with Crippen molar-refractivity contribution in [1.82, 2.24) is 30.2 Å². The Morgan fingerprint density at radius 1 is 1.60 bits per heavy atom. The fraction of sp³-hybridized carbons (Fsp3) is 0.500. The van der Waals surface area contributed by atoms with Crippen molar-refractivity contribution >= 4 is 0 Å². The summed E-state index contributed by atoms with van der Waals surface area (Å²) in [7, 11) is 0. The SMILES string of the molecule is CCn1ncnc1CC(O)c1cn[nH]n1. The van der Waals surface area contributed by atoms with E-state index >= 15 is 0 Å². The second-order valence-electron chi connectivity index (χ2n) is 3.11. The van der Waals surface area contributed by atoms with Crippen molar-refractivity contribution in [1.29, 1.82) is 0 Å². The molecule has 1 atom stereocenters. The van der Waals surface area contributed by atoms with Gasteiger partial charge in [-0.05, 0) is 6.92 Å². The maximum Gasteiger partial charge on any atom is 0.138 e. The van der Waals surface area contributed by atoms with Crippen molar-refractivity contribution in [2.45, 2.75) is 26.0 Å². The number of aliphatic hydroxyl groups excluding tert-OH is 1. The number of aromatic nitrogens is 6. The Hall–Kier alpha value is -1.76. The Kier molecular flexibility index (Phi) is 2.72. The van der Waals surface area contributed by atoms with E-state index in [1.807, 2.05) is 6.92 Å². The van der Waals surface area contributed by atoms with Crippen molar-refractivity contribution in [3.05, 3.63) is 24.0 Å². The van der Waals surface area contributed by atoms with E-state index < -0.39 is 6.10 Å². The fourth-order valence-electron chi connectivity index (χ4n) is 1.36. The summed E-state index contributed by atoms with van der Waals surface area (Å²) in [6.45, 7) is 2.71. The van der Waals surface area contributed by atoms with Gasteiger partial charge in [0.15, 0.2) is 0 Å². The Morgan fingerprint density at radius 2 is 2.47 bits per heavy atom. The molecule has 2 N–H and O–H groups in total. The van der Waals surface area contributed by atoms with Gasteiger partial charge in [0, 0.05) is 13.0 Å². The van der Waals surface area contributed by atoms with Crippen molar-refractivity contribution in [2.24, 2.45) is 0 Å². The maximum atomic E-state index is 9.80. The molecule has 0 amide bonds. The van der Waals surface area contributed by atoms with E-state index in [4.69, 9.17) is 0 Å². The molecule has 0 aliphatic carbocycles. The monoisotopic (exact) mass is 208 g/mol. The second-order valence-corrected chi connectivity index (χ2v) is 3.11. The third-order valence-corrected chi connectivity index (χ3v) is 2.15. The Balaban J connectivity index is 2.09. The van der Waals surface area contributed by atoms with Crippen LogP contribution in [0.4, 0.5) is 0 Å². The molecule has 0 aliphatic heterocycles. The molecule has 80 valence electrons. The molecule has 7 heteroatoms. The van der Waals surface area contributed by atoms with E-state index in [-0.39, 0.29) is 0 Å². The first-order chi connectivity index (χ1) is 7.31. The highest BCUT2D eigenvalue weighted by atomic mass is 16.3. The van der Waals surface area contributed by atoms with Crippen LogP contribution in [0, 0.1) is 0 Å².